The summed E-state index contributed by atoms with van der Waals surface area (Å²) in [6, 6.07) is 0. The zero-order chi connectivity index (χ0) is 11.0. The molecular formula is C12H19N3S. The number of hydrogen-bond acceptors (Lipinski definition) is 3. The fourth-order valence-electron chi connectivity index (χ4n) is 2.76. The molecule has 2 aliphatic rings. The highest BCUT2D eigenvalue weighted by Gasteiger charge is 2.26. The number of aromatic nitrogens is 3. The Balaban J connectivity index is 1.86. The van der Waals surface area contributed by atoms with E-state index >= 15 is 0 Å². The maximum atomic E-state index is 4.46. The van der Waals surface area contributed by atoms with Crippen molar-refractivity contribution in [2.24, 2.45) is 5.92 Å². The van der Waals surface area contributed by atoms with Gasteiger partial charge < -0.3 is 4.57 Å². The van der Waals surface area contributed by atoms with Crippen LogP contribution in [-0.2, 0) is 13.0 Å². The number of rotatable bonds is 1. The summed E-state index contributed by atoms with van der Waals surface area (Å²) in [5, 5.41) is 8.83. The van der Waals surface area contributed by atoms with Crippen molar-refractivity contribution in [1.29, 1.82) is 0 Å². The molecule has 0 amide bonds. The van der Waals surface area contributed by atoms with E-state index in [2.05, 4.69) is 33.5 Å². The Kier molecular flexibility index (Phi) is 2.92. The van der Waals surface area contributed by atoms with E-state index in [0.717, 1.165) is 18.9 Å². The van der Waals surface area contributed by atoms with Gasteiger partial charge in [0.05, 0.1) is 0 Å². The Morgan fingerprint density at radius 2 is 2.25 bits per heavy atom. The molecule has 88 valence electrons. The maximum Gasteiger partial charge on any atom is 0.136 e. The molecule has 3 rings (SSSR count). The van der Waals surface area contributed by atoms with Crippen LogP contribution >= 0.6 is 11.8 Å². The smallest absolute Gasteiger partial charge is 0.136 e. The number of aryl methyl sites for hydroxylation is 1. The molecule has 3 nitrogen and oxygen atoms in total. The first-order chi connectivity index (χ1) is 7.84. The van der Waals surface area contributed by atoms with E-state index in [0.29, 0.717) is 5.92 Å². The summed E-state index contributed by atoms with van der Waals surface area (Å²) in [6.45, 7) is 3.47. The summed E-state index contributed by atoms with van der Waals surface area (Å²) >= 11 is 2.07. The van der Waals surface area contributed by atoms with Crippen LogP contribution in [0.3, 0.4) is 0 Å². The summed E-state index contributed by atoms with van der Waals surface area (Å²) in [5.74, 6) is 6.52. The van der Waals surface area contributed by atoms with Crippen LogP contribution in [0.4, 0.5) is 0 Å². The SMILES string of the molecule is CC1CCc2nnc(C3CCCSC3)n2C1. The Hall–Kier alpha value is -0.510. The first kappa shape index (κ1) is 10.6. The highest BCUT2D eigenvalue weighted by Crippen LogP contribution is 2.32. The lowest BCUT2D eigenvalue weighted by atomic mass is 9.99. The summed E-state index contributed by atoms with van der Waals surface area (Å²) in [4.78, 5) is 0. The van der Waals surface area contributed by atoms with E-state index in [4.69, 9.17) is 0 Å². The minimum atomic E-state index is 0.658. The standard InChI is InChI=1S/C12H19N3S/c1-9-4-5-11-13-14-12(15(11)7-9)10-3-2-6-16-8-10/h9-10H,2-8H2,1H3. The number of thioether (sulfide) groups is 1. The molecule has 0 saturated carbocycles. The lowest BCUT2D eigenvalue weighted by Crippen LogP contribution is -2.22. The predicted molar refractivity (Wildman–Crippen MR) is 66.8 cm³/mol. The first-order valence-corrected chi connectivity index (χ1v) is 7.50. The van der Waals surface area contributed by atoms with Gasteiger partial charge in [0, 0.05) is 24.6 Å². The van der Waals surface area contributed by atoms with Gasteiger partial charge in [0.1, 0.15) is 11.6 Å². The summed E-state index contributed by atoms with van der Waals surface area (Å²) in [7, 11) is 0. The van der Waals surface area contributed by atoms with Gasteiger partial charge in [0.2, 0.25) is 0 Å². The molecule has 0 N–H and O–H groups in total. The van der Waals surface area contributed by atoms with Crippen molar-refractivity contribution in [3.05, 3.63) is 11.6 Å². The molecule has 1 aromatic heterocycles. The minimum Gasteiger partial charge on any atom is -0.314 e. The van der Waals surface area contributed by atoms with Crippen molar-refractivity contribution in [3.63, 3.8) is 0 Å². The molecule has 1 aromatic rings. The largest absolute Gasteiger partial charge is 0.314 e. The summed E-state index contributed by atoms with van der Waals surface area (Å²) < 4.78 is 2.41. The van der Waals surface area contributed by atoms with E-state index < -0.39 is 0 Å². The number of hydrogen-bond donors (Lipinski definition) is 0. The zero-order valence-electron chi connectivity index (χ0n) is 9.85. The molecule has 1 fully saturated rings. The molecule has 0 aromatic carbocycles. The second-order valence-corrected chi connectivity index (χ2v) is 6.29. The van der Waals surface area contributed by atoms with Crippen LogP contribution < -0.4 is 0 Å². The summed E-state index contributed by atoms with van der Waals surface area (Å²) in [5.41, 5.74) is 0. The van der Waals surface area contributed by atoms with Gasteiger partial charge in [-0.15, -0.1) is 10.2 Å². The fraction of sp³-hybridized carbons (Fsp3) is 0.833. The third-order valence-corrected chi connectivity index (χ3v) is 4.95. The molecular weight excluding hydrogens is 218 g/mol. The van der Waals surface area contributed by atoms with Gasteiger partial charge in [-0.2, -0.15) is 11.8 Å². The lowest BCUT2D eigenvalue weighted by molar-refractivity contribution is 0.379. The molecule has 2 aliphatic heterocycles. The van der Waals surface area contributed by atoms with Gasteiger partial charge in [-0.25, -0.2) is 0 Å². The molecule has 2 atom stereocenters. The van der Waals surface area contributed by atoms with Crippen molar-refractivity contribution in [3.8, 4) is 0 Å². The Bertz CT molecular complexity index is 368. The normalized spacial score (nSPS) is 30.1. The fourth-order valence-corrected chi connectivity index (χ4v) is 3.90. The summed E-state index contributed by atoms with van der Waals surface area (Å²) in [6.07, 6.45) is 5.04. The van der Waals surface area contributed by atoms with E-state index in [-0.39, 0.29) is 0 Å². The second-order valence-electron chi connectivity index (χ2n) is 5.14. The quantitative estimate of drug-likeness (QED) is 0.752. The molecule has 1 saturated heterocycles. The second kappa shape index (κ2) is 4.40. The van der Waals surface area contributed by atoms with E-state index in [1.165, 1.54) is 42.4 Å². The van der Waals surface area contributed by atoms with Crippen LogP contribution in [-0.4, -0.2) is 26.3 Å². The topological polar surface area (TPSA) is 30.7 Å². The van der Waals surface area contributed by atoms with Gasteiger partial charge in [0.25, 0.3) is 0 Å². The van der Waals surface area contributed by atoms with Gasteiger partial charge in [0.15, 0.2) is 0 Å². The third-order valence-electron chi connectivity index (χ3n) is 3.74. The first-order valence-electron chi connectivity index (χ1n) is 6.34. The van der Waals surface area contributed by atoms with Crippen molar-refractivity contribution in [1.82, 2.24) is 14.8 Å². The van der Waals surface area contributed by atoms with E-state index in [9.17, 15) is 0 Å². The number of nitrogens with zero attached hydrogens (tertiary/aromatic N) is 3. The molecule has 0 aliphatic carbocycles. The van der Waals surface area contributed by atoms with E-state index in [1.54, 1.807) is 0 Å². The molecule has 0 bridgehead atoms. The Morgan fingerprint density at radius 3 is 3.06 bits per heavy atom. The minimum absolute atomic E-state index is 0.658. The average Bonchev–Trinajstić information content (AvgIpc) is 2.73. The molecule has 0 radical (unpaired) electrons. The van der Waals surface area contributed by atoms with Crippen molar-refractivity contribution >= 4 is 11.8 Å². The molecule has 0 spiro atoms. The van der Waals surface area contributed by atoms with Crippen molar-refractivity contribution < 1.29 is 0 Å². The van der Waals surface area contributed by atoms with Crippen molar-refractivity contribution in [2.45, 2.75) is 45.1 Å². The van der Waals surface area contributed by atoms with Gasteiger partial charge >= 0.3 is 0 Å². The van der Waals surface area contributed by atoms with Crippen LogP contribution in [0.1, 0.15) is 43.8 Å². The Labute approximate surface area is 101 Å². The number of fused-ring (bicyclic) bond motifs is 1. The maximum absolute atomic E-state index is 4.46. The van der Waals surface area contributed by atoms with Crippen LogP contribution in [0.2, 0.25) is 0 Å². The van der Waals surface area contributed by atoms with Crippen LogP contribution in [0, 0.1) is 5.92 Å². The predicted octanol–water partition coefficient (Wildman–Crippen LogP) is 2.47. The Morgan fingerprint density at radius 1 is 1.31 bits per heavy atom. The average molecular weight is 237 g/mol. The van der Waals surface area contributed by atoms with Gasteiger partial charge in [-0.1, -0.05) is 6.92 Å². The van der Waals surface area contributed by atoms with Gasteiger partial charge in [-0.05, 0) is 30.9 Å². The van der Waals surface area contributed by atoms with Crippen molar-refractivity contribution in [2.75, 3.05) is 11.5 Å². The molecule has 16 heavy (non-hydrogen) atoms. The highest BCUT2D eigenvalue weighted by atomic mass is 32.2. The third kappa shape index (κ3) is 1.88. The molecule has 4 heteroatoms. The highest BCUT2D eigenvalue weighted by molar-refractivity contribution is 7.99. The molecule has 2 unspecified atom stereocenters. The zero-order valence-corrected chi connectivity index (χ0v) is 10.7. The molecule has 3 heterocycles. The van der Waals surface area contributed by atoms with E-state index in [1.807, 2.05) is 0 Å². The van der Waals surface area contributed by atoms with Crippen LogP contribution in [0.5, 0.6) is 0 Å². The lowest BCUT2D eigenvalue weighted by Gasteiger charge is -2.25. The van der Waals surface area contributed by atoms with Crippen LogP contribution in [0.25, 0.3) is 0 Å². The monoisotopic (exact) mass is 237 g/mol. The van der Waals surface area contributed by atoms with Crippen LogP contribution in [0.15, 0.2) is 0 Å². The van der Waals surface area contributed by atoms with Gasteiger partial charge in [-0.3, -0.25) is 0 Å².